The molecule has 1 amide bonds. The van der Waals surface area contributed by atoms with Crippen molar-refractivity contribution in [2.24, 2.45) is 5.92 Å². The zero-order valence-corrected chi connectivity index (χ0v) is 12.9. The maximum absolute atomic E-state index is 11.8. The fourth-order valence-corrected chi connectivity index (χ4v) is 1.93. The lowest BCUT2D eigenvalue weighted by molar-refractivity contribution is -0.143. The molecule has 0 unspecified atom stereocenters. The summed E-state index contributed by atoms with van der Waals surface area (Å²) in [7, 11) is 0. The van der Waals surface area contributed by atoms with E-state index in [2.05, 4.69) is 5.32 Å². The Morgan fingerprint density at radius 1 is 1.43 bits per heavy atom. The fourth-order valence-electron chi connectivity index (χ4n) is 1.75. The Morgan fingerprint density at radius 3 is 2.71 bits per heavy atom. The van der Waals surface area contributed by atoms with Crippen LogP contribution in [0.2, 0.25) is 5.02 Å². The Labute approximate surface area is 129 Å². The van der Waals surface area contributed by atoms with E-state index in [1.165, 1.54) is 0 Å². The van der Waals surface area contributed by atoms with E-state index in [1.807, 2.05) is 6.92 Å². The smallest absolute Gasteiger partial charge is 0.326 e. The van der Waals surface area contributed by atoms with Crippen molar-refractivity contribution < 1.29 is 19.4 Å². The predicted octanol–water partition coefficient (Wildman–Crippen LogP) is 2.72. The molecule has 0 spiro atoms. The number of carboxylic acid groups (broad SMARTS) is 1. The second-order valence-electron chi connectivity index (χ2n) is 4.82. The van der Waals surface area contributed by atoms with Gasteiger partial charge in [0.25, 0.3) is 0 Å². The first-order valence-electron chi connectivity index (χ1n) is 6.84. The molecule has 116 valence electrons. The van der Waals surface area contributed by atoms with E-state index >= 15 is 0 Å². The molecule has 0 aromatic heterocycles. The third-order valence-corrected chi connectivity index (χ3v) is 3.42. The normalized spacial score (nSPS) is 13.3. The van der Waals surface area contributed by atoms with E-state index in [-0.39, 0.29) is 24.9 Å². The summed E-state index contributed by atoms with van der Waals surface area (Å²) in [6.07, 6.45) is 0.767. The minimum atomic E-state index is -1.02. The lowest BCUT2D eigenvalue weighted by Gasteiger charge is -2.20. The number of rotatable bonds is 8. The molecule has 1 aromatic rings. The lowest BCUT2D eigenvalue weighted by atomic mass is 9.99. The van der Waals surface area contributed by atoms with Crippen LogP contribution in [0, 0.1) is 5.92 Å². The van der Waals surface area contributed by atoms with Crippen molar-refractivity contribution in [1.29, 1.82) is 0 Å². The molecule has 0 aliphatic carbocycles. The second-order valence-corrected chi connectivity index (χ2v) is 5.26. The van der Waals surface area contributed by atoms with E-state index in [4.69, 9.17) is 21.4 Å². The average molecular weight is 314 g/mol. The van der Waals surface area contributed by atoms with Crippen LogP contribution < -0.4 is 10.1 Å². The van der Waals surface area contributed by atoms with Crippen molar-refractivity contribution in [3.8, 4) is 5.75 Å². The molecule has 6 heteroatoms. The van der Waals surface area contributed by atoms with Crippen LogP contribution in [0.4, 0.5) is 0 Å². The summed E-state index contributed by atoms with van der Waals surface area (Å²) in [5, 5.41) is 12.2. The molecule has 0 radical (unpaired) electrons. The Bertz CT molecular complexity index is 492. The summed E-state index contributed by atoms with van der Waals surface area (Å²) >= 11 is 5.82. The monoisotopic (exact) mass is 313 g/mol. The van der Waals surface area contributed by atoms with Gasteiger partial charge in [-0.1, -0.05) is 37.9 Å². The zero-order valence-electron chi connectivity index (χ0n) is 12.1. The molecule has 0 saturated heterocycles. The molecule has 21 heavy (non-hydrogen) atoms. The van der Waals surface area contributed by atoms with Gasteiger partial charge in [-0.25, -0.2) is 4.79 Å². The average Bonchev–Trinajstić information content (AvgIpc) is 2.43. The SMILES string of the molecule is CC[C@H](C)[C@H](NC(=O)CCOc1cccc(Cl)c1)C(=O)O. The van der Waals surface area contributed by atoms with Crippen LogP contribution in [-0.2, 0) is 9.59 Å². The number of ether oxygens (including phenoxy) is 1. The summed E-state index contributed by atoms with van der Waals surface area (Å²) in [5.41, 5.74) is 0. The van der Waals surface area contributed by atoms with Crippen LogP contribution in [0.25, 0.3) is 0 Å². The molecule has 0 heterocycles. The number of carboxylic acids is 1. The van der Waals surface area contributed by atoms with Gasteiger partial charge in [0.1, 0.15) is 11.8 Å². The summed E-state index contributed by atoms with van der Waals surface area (Å²) in [4.78, 5) is 22.9. The Morgan fingerprint density at radius 2 is 2.14 bits per heavy atom. The van der Waals surface area contributed by atoms with Gasteiger partial charge in [0.15, 0.2) is 0 Å². The highest BCUT2D eigenvalue weighted by atomic mass is 35.5. The van der Waals surface area contributed by atoms with Crippen LogP contribution in [0.15, 0.2) is 24.3 Å². The van der Waals surface area contributed by atoms with Crippen molar-refractivity contribution in [2.45, 2.75) is 32.7 Å². The van der Waals surface area contributed by atoms with E-state index in [1.54, 1.807) is 31.2 Å². The number of aliphatic carboxylic acids is 1. The lowest BCUT2D eigenvalue weighted by Crippen LogP contribution is -2.45. The molecule has 2 N–H and O–H groups in total. The number of benzene rings is 1. The van der Waals surface area contributed by atoms with Gasteiger partial charge < -0.3 is 15.2 Å². The number of amides is 1. The van der Waals surface area contributed by atoms with Gasteiger partial charge >= 0.3 is 5.97 Å². The van der Waals surface area contributed by atoms with Crippen molar-refractivity contribution in [2.75, 3.05) is 6.61 Å². The molecule has 0 saturated carbocycles. The van der Waals surface area contributed by atoms with Gasteiger partial charge in [-0.05, 0) is 24.1 Å². The van der Waals surface area contributed by atoms with Crippen LogP contribution in [-0.4, -0.2) is 29.6 Å². The van der Waals surface area contributed by atoms with Gasteiger partial charge in [-0.2, -0.15) is 0 Å². The number of carbonyl (C=O) groups is 2. The predicted molar refractivity (Wildman–Crippen MR) is 80.6 cm³/mol. The topological polar surface area (TPSA) is 75.6 Å². The number of carbonyl (C=O) groups excluding carboxylic acids is 1. The number of hydrogen-bond acceptors (Lipinski definition) is 3. The summed E-state index contributed by atoms with van der Waals surface area (Å²) in [6.45, 7) is 3.84. The third-order valence-electron chi connectivity index (χ3n) is 3.19. The van der Waals surface area contributed by atoms with Gasteiger partial charge in [0.05, 0.1) is 13.0 Å². The van der Waals surface area contributed by atoms with Crippen LogP contribution in [0.3, 0.4) is 0 Å². The zero-order chi connectivity index (χ0) is 15.8. The van der Waals surface area contributed by atoms with Crippen molar-refractivity contribution in [3.05, 3.63) is 29.3 Å². The van der Waals surface area contributed by atoms with Gasteiger partial charge in [0.2, 0.25) is 5.91 Å². The quantitative estimate of drug-likeness (QED) is 0.773. The summed E-state index contributed by atoms with van der Waals surface area (Å²) in [5.74, 6) is -0.912. The first kappa shape index (κ1) is 17.3. The third kappa shape index (κ3) is 6.04. The first-order chi connectivity index (χ1) is 9.93. The molecule has 0 fully saturated rings. The van der Waals surface area contributed by atoms with Crippen LogP contribution >= 0.6 is 11.6 Å². The van der Waals surface area contributed by atoms with Gasteiger partial charge in [-0.3, -0.25) is 4.79 Å². The maximum atomic E-state index is 11.8. The van der Waals surface area contributed by atoms with E-state index in [0.29, 0.717) is 17.2 Å². The first-order valence-corrected chi connectivity index (χ1v) is 7.22. The molecule has 0 bridgehead atoms. The van der Waals surface area contributed by atoms with Gasteiger partial charge in [0, 0.05) is 5.02 Å². The molecule has 0 aliphatic rings. The van der Waals surface area contributed by atoms with Gasteiger partial charge in [-0.15, -0.1) is 0 Å². The van der Waals surface area contributed by atoms with Crippen molar-refractivity contribution in [3.63, 3.8) is 0 Å². The van der Waals surface area contributed by atoms with Crippen molar-refractivity contribution in [1.82, 2.24) is 5.32 Å². The van der Waals surface area contributed by atoms with Crippen LogP contribution in [0.1, 0.15) is 26.7 Å². The maximum Gasteiger partial charge on any atom is 0.326 e. The Balaban J connectivity index is 2.41. The van der Waals surface area contributed by atoms with Crippen LogP contribution in [0.5, 0.6) is 5.75 Å². The highest BCUT2D eigenvalue weighted by molar-refractivity contribution is 6.30. The molecule has 1 aromatic carbocycles. The number of nitrogens with one attached hydrogen (secondary N) is 1. The van der Waals surface area contributed by atoms with E-state index < -0.39 is 12.0 Å². The van der Waals surface area contributed by atoms with E-state index in [9.17, 15) is 9.59 Å². The molecular weight excluding hydrogens is 294 g/mol. The standard InChI is InChI=1S/C15H20ClNO4/c1-3-10(2)14(15(19)20)17-13(18)7-8-21-12-6-4-5-11(16)9-12/h4-6,9-10,14H,3,7-8H2,1-2H3,(H,17,18)(H,19,20)/t10-,14-/m0/s1. The number of hydrogen-bond donors (Lipinski definition) is 2. The Kier molecular flexibility index (Phi) is 7.02. The van der Waals surface area contributed by atoms with Crippen molar-refractivity contribution >= 4 is 23.5 Å². The largest absolute Gasteiger partial charge is 0.493 e. The highest BCUT2D eigenvalue weighted by Crippen LogP contribution is 2.17. The molecule has 0 aliphatic heterocycles. The summed E-state index contributed by atoms with van der Waals surface area (Å²) in [6, 6.07) is 6.00. The number of halogens is 1. The highest BCUT2D eigenvalue weighted by Gasteiger charge is 2.24. The minimum absolute atomic E-state index is 0.0900. The summed E-state index contributed by atoms with van der Waals surface area (Å²) < 4.78 is 5.39. The second kappa shape index (κ2) is 8.52. The molecule has 2 atom stereocenters. The Hall–Kier alpha value is -1.75. The minimum Gasteiger partial charge on any atom is -0.493 e. The molecular formula is C15H20ClNO4. The van der Waals surface area contributed by atoms with E-state index in [0.717, 1.165) is 0 Å². The molecule has 1 rings (SSSR count). The molecule has 5 nitrogen and oxygen atoms in total. The fraction of sp³-hybridized carbons (Fsp3) is 0.467.